The SMILES string of the molecule is CCC(CC)(C(O)c1c(C)cc(C)cc1OC)N(C)C. The van der Waals surface area contributed by atoms with Crippen LogP contribution in [0.4, 0.5) is 0 Å². The number of aryl methyl sites for hydroxylation is 2. The van der Waals surface area contributed by atoms with Crippen molar-refractivity contribution < 1.29 is 9.84 Å². The Labute approximate surface area is 123 Å². The summed E-state index contributed by atoms with van der Waals surface area (Å²) in [5.74, 6) is 0.781. The van der Waals surface area contributed by atoms with Gasteiger partial charge in [-0.05, 0) is 58.0 Å². The molecule has 1 rings (SSSR count). The number of likely N-dealkylation sites (N-methyl/N-ethyl adjacent to an activating group) is 1. The van der Waals surface area contributed by atoms with Crippen LogP contribution >= 0.6 is 0 Å². The molecule has 0 heterocycles. The van der Waals surface area contributed by atoms with E-state index in [0.717, 1.165) is 35.3 Å². The second-order valence-electron chi connectivity index (χ2n) is 5.81. The van der Waals surface area contributed by atoms with Crippen LogP contribution in [0, 0.1) is 13.8 Å². The smallest absolute Gasteiger partial charge is 0.125 e. The first-order valence-electron chi connectivity index (χ1n) is 7.34. The van der Waals surface area contributed by atoms with E-state index in [2.05, 4.69) is 24.8 Å². The van der Waals surface area contributed by atoms with Gasteiger partial charge in [0.2, 0.25) is 0 Å². The highest BCUT2D eigenvalue weighted by Crippen LogP contribution is 2.41. The van der Waals surface area contributed by atoms with Gasteiger partial charge in [-0.2, -0.15) is 0 Å². The molecule has 1 atom stereocenters. The van der Waals surface area contributed by atoms with Gasteiger partial charge in [-0.1, -0.05) is 19.9 Å². The van der Waals surface area contributed by atoms with Crippen molar-refractivity contribution in [3.8, 4) is 5.75 Å². The van der Waals surface area contributed by atoms with Gasteiger partial charge in [0.05, 0.1) is 12.6 Å². The molecule has 1 aromatic carbocycles. The van der Waals surface area contributed by atoms with Crippen molar-refractivity contribution in [3.05, 3.63) is 28.8 Å². The molecule has 0 fully saturated rings. The monoisotopic (exact) mass is 279 g/mol. The molecule has 0 amide bonds. The first-order chi connectivity index (χ1) is 9.33. The van der Waals surface area contributed by atoms with Crippen LogP contribution in [0.1, 0.15) is 49.5 Å². The van der Waals surface area contributed by atoms with Gasteiger partial charge in [0.25, 0.3) is 0 Å². The van der Waals surface area contributed by atoms with Gasteiger partial charge >= 0.3 is 0 Å². The predicted molar refractivity (Wildman–Crippen MR) is 84.4 cm³/mol. The molecule has 3 nitrogen and oxygen atoms in total. The summed E-state index contributed by atoms with van der Waals surface area (Å²) in [6.07, 6.45) is 1.20. The van der Waals surface area contributed by atoms with Gasteiger partial charge in [0.1, 0.15) is 11.9 Å². The van der Waals surface area contributed by atoms with Crippen molar-refractivity contribution in [1.29, 1.82) is 0 Å². The average Bonchev–Trinajstić information content (AvgIpc) is 2.39. The number of nitrogens with zero attached hydrogens (tertiary/aromatic N) is 1. The molecule has 0 aliphatic carbocycles. The fourth-order valence-corrected chi connectivity index (χ4v) is 3.24. The molecule has 3 heteroatoms. The van der Waals surface area contributed by atoms with Crippen LogP contribution in [0.3, 0.4) is 0 Å². The second kappa shape index (κ2) is 6.59. The lowest BCUT2D eigenvalue weighted by molar-refractivity contribution is -0.0164. The minimum Gasteiger partial charge on any atom is -0.496 e. The zero-order valence-corrected chi connectivity index (χ0v) is 13.9. The Hall–Kier alpha value is -1.06. The number of ether oxygens (including phenoxy) is 1. The molecule has 0 aliphatic rings. The maximum absolute atomic E-state index is 11.1. The Balaban J connectivity index is 3.42. The third-order valence-electron chi connectivity index (χ3n) is 4.61. The molecule has 0 aliphatic heterocycles. The van der Waals surface area contributed by atoms with Crippen LogP contribution in [-0.2, 0) is 0 Å². The molecule has 20 heavy (non-hydrogen) atoms. The van der Waals surface area contributed by atoms with Gasteiger partial charge in [-0.25, -0.2) is 0 Å². The van der Waals surface area contributed by atoms with Crippen LogP contribution < -0.4 is 4.74 Å². The van der Waals surface area contributed by atoms with E-state index in [1.54, 1.807) is 7.11 Å². The van der Waals surface area contributed by atoms with Crippen LogP contribution in [0.2, 0.25) is 0 Å². The summed E-state index contributed by atoms with van der Waals surface area (Å²) in [6, 6.07) is 4.10. The van der Waals surface area contributed by atoms with E-state index in [1.165, 1.54) is 0 Å². The second-order valence-corrected chi connectivity index (χ2v) is 5.81. The maximum Gasteiger partial charge on any atom is 0.125 e. The first kappa shape index (κ1) is 17.0. The third-order valence-corrected chi connectivity index (χ3v) is 4.61. The van der Waals surface area contributed by atoms with Gasteiger partial charge in [0, 0.05) is 5.56 Å². The lowest BCUT2D eigenvalue weighted by Crippen LogP contribution is -2.48. The van der Waals surface area contributed by atoms with Crippen LogP contribution in [-0.4, -0.2) is 36.8 Å². The minimum atomic E-state index is -0.567. The fourth-order valence-electron chi connectivity index (χ4n) is 3.24. The van der Waals surface area contributed by atoms with Crippen molar-refractivity contribution in [2.75, 3.05) is 21.2 Å². The quantitative estimate of drug-likeness (QED) is 0.865. The Morgan fingerprint density at radius 1 is 1.20 bits per heavy atom. The summed E-state index contributed by atoms with van der Waals surface area (Å²) >= 11 is 0. The Morgan fingerprint density at radius 2 is 1.75 bits per heavy atom. The molecule has 1 aromatic rings. The first-order valence-corrected chi connectivity index (χ1v) is 7.34. The molecule has 1 N–H and O–H groups in total. The number of aliphatic hydroxyl groups excluding tert-OH is 1. The van der Waals surface area contributed by atoms with Crippen molar-refractivity contribution in [3.63, 3.8) is 0 Å². The molecule has 114 valence electrons. The molecule has 0 spiro atoms. The largest absolute Gasteiger partial charge is 0.496 e. The van der Waals surface area contributed by atoms with Crippen molar-refractivity contribution in [1.82, 2.24) is 4.90 Å². The van der Waals surface area contributed by atoms with E-state index >= 15 is 0 Å². The van der Waals surface area contributed by atoms with Crippen molar-refractivity contribution >= 4 is 0 Å². The highest BCUT2D eigenvalue weighted by atomic mass is 16.5. The molecule has 1 unspecified atom stereocenters. The molecular weight excluding hydrogens is 250 g/mol. The fraction of sp³-hybridized carbons (Fsp3) is 0.647. The van der Waals surface area contributed by atoms with Gasteiger partial charge < -0.3 is 14.7 Å². The zero-order valence-electron chi connectivity index (χ0n) is 13.9. The molecular formula is C17H29NO2. The normalized spacial score (nSPS) is 13.7. The van der Waals surface area contributed by atoms with E-state index in [0.29, 0.717) is 0 Å². The van der Waals surface area contributed by atoms with Crippen LogP contribution in [0.5, 0.6) is 5.75 Å². The van der Waals surface area contributed by atoms with E-state index in [9.17, 15) is 5.11 Å². The summed E-state index contributed by atoms with van der Waals surface area (Å²) < 4.78 is 5.51. The zero-order chi connectivity index (χ0) is 15.5. The van der Waals surface area contributed by atoms with E-state index < -0.39 is 6.10 Å². The topological polar surface area (TPSA) is 32.7 Å². The molecule has 0 bridgehead atoms. The summed E-state index contributed by atoms with van der Waals surface area (Å²) in [5, 5.41) is 11.1. The maximum atomic E-state index is 11.1. The highest BCUT2D eigenvalue weighted by Gasteiger charge is 2.39. The molecule has 0 saturated heterocycles. The lowest BCUT2D eigenvalue weighted by Gasteiger charge is -2.43. The molecule has 0 aromatic heterocycles. The van der Waals surface area contributed by atoms with Crippen molar-refractivity contribution in [2.24, 2.45) is 0 Å². The van der Waals surface area contributed by atoms with Gasteiger partial charge in [0.15, 0.2) is 0 Å². The van der Waals surface area contributed by atoms with Gasteiger partial charge in [-0.3, -0.25) is 0 Å². The number of benzene rings is 1. The number of hydrogen-bond donors (Lipinski definition) is 1. The van der Waals surface area contributed by atoms with Gasteiger partial charge in [-0.15, -0.1) is 0 Å². The Kier molecular flexibility index (Phi) is 5.60. The standard InChI is InChI=1S/C17H29NO2/c1-8-17(9-2,18(5)6)16(19)15-13(4)10-12(3)11-14(15)20-7/h10-11,16,19H,8-9H2,1-7H3. The average molecular weight is 279 g/mol. The van der Waals surface area contributed by atoms with Crippen LogP contribution in [0.25, 0.3) is 0 Å². The lowest BCUT2D eigenvalue weighted by atomic mass is 9.80. The molecule has 0 radical (unpaired) electrons. The molecule has 0 saturated carbocycles. The van der Waals surface area contributed by atoms with E-state index in [-0.39, 0.29) is 5.54 Å². The predicted octanol–water partition coefficient (Wildman–Crippen LogP) is 3.47. The Morgan fingerprint density at radius 3 is 2.15 bits per heavy atom. The van der Waals surface area contributed by atoms with E-state index in [1.807, 2.05) is 34.0 Å². The summed E-state index contributed by atoms with van der Waals surface area (Å²) in [6.45, 7) is 8.34. The number of aliphatic hydroxyl groups is 1. The summed E-state index contributed by atoms with van der Waals surface area (Å²) in [5.41, 5.74) is 2.88. The van der Waals surface area contributed by atoms with E-state index in [4.69, 9.17) is 4.74 Å². The Bertz CT molecular complexity index is 451. The summed E-state index contributed by atoms with van der Waals surface area (Å²) in [7, 11) is 5.73. The minimum absolute atomic E-state index is 0.271. The number of rotatable bonds is 6. The number of methoxy groups -OCH3 is 1. The van der Waals surface area contributed by atoms with Crippen LogP contribution in [0.15, 0.2) is 12.1 Å². The third kappa shape index (κ3) is 2.84. The number of hydrogen-bond acceptors (Lipinski definition) is 3. The van der Waals surface area contributed by atoms with Crippen molar-refractivity contribution in [2.45, 2.75) is 52.2 Å². The summed E-state index contributed by atoms with van der Waals surface area (Å²) in [4.78, 5) is 2.14. The highest BCUT2D eigenvalue weighted by molar-refractivity contribution is 5.45.